The minimum absolute atomic E-state index is 0.139. The van der Waals surface area contributed by atoms with Gasteiger partial charge in [0.1, 0.15) is 5.69 Å². The van der Waals surface area contributed by atoms with Crippen molar-refractivity contribution in [3.8, 4) is 17.2 Å². The smallest absolute Gasteiger partial charge is 0.271 e. The van der Waals surface area contributed by atoms with E-state index < -0.39 is 0 Å². The van der Waals surface area contributed by atoms with Crippen LogP contribution in [0.5, 0.6) is 17.2 Å². The Hall–Kier alpha value is -2.70. The van der Waals surface area contributed by atoms with Gasteiger partial charge >= 0.3 is 0 Å². The largest absolute Gasteiger partial charge is 0.493 e. The molecular formula is C19H27N3O4. The van der Waals surface area contributed by atoms with Gasteiger partial charge in [-0.15, -0.1) is 0 Å². The summed E-state index contributed by atoms with van der Waals surface area (Å²) in [5.41, 5.74) is 0.371. The topological polar surface area (TPSA) is 74.6 Å². The second-order valence-electron chi connectivity index (χ2n) is 5.82. The Morgan fingerprint density at radius 3 is 2.50 bits per heavy atom. The van der Waals surface area contributed by atoms with Gasteiger partial charge in [0.15, 0.2) is 18.2 Å². The molecule has 0 radical (unpaired) electrons. The van der Waals surface area contributed by atoms with Crippen LogP contribution in [0.4, 0.5) is 0 Å². The van der Waals surface area contributed by atoms with Crippen molar-refractivity contribution in [2.45, 2.75) is 39.3 Å². The molecule has 0 aliphatic rings. The van der Waals surface area contributed by atoms with Gasteiger partial charge in [-0.3, -0.25) is 4.79 Å². The van der Waals surface area contributed by atoms with Gasteiger partial charge in [-0.05, 0) is 24.6 Å². The molecular weight excluding hydrogens is 334 g/mol. The van der Waals surface area contributed by atoms with Crippen molar-refractivity contribution in [2.75, 3.05) is 20.8 Å². The van der Waals surface area contributed by atoms with Gasteiger partial charge in [0, 0.05) is 12.7 Å². The molecule has 1 amide bonds. The Bertz CT molecular complexity index is 678. The predicted octanol–water partition coefficient (Wildman–Crippen LogP) is 3.25. The Morgan fingerprint density at radius 2 is 1.85 bits per heavy atom. The van der Waals surface area contributed by atoms with Gasteiger partial charge in [0.2, 0.25) is 5.75 Å². The normalized spacial score (nSPS) is 10.4. The summed E-state index contributed by atoms with van der Waals surface area (Å²) in [6.07, 6.45) is 6.17. The van der Waals surface area contributed by atoms with E-state index in [9.17, 15) is 4.79 Å². The number of benzene rings is 1. The van der Waals surface area contributed by atoms with E-state index in [1.165, 1.54) is 12.8 Å². The maximum atomic E-state index is 12.1. The number of para-hydroxylation sites is 1. The minimum Gasteiger partial charge on any atom is -0.493 e. The van der Waals surface area contributed by atoms with Crippen LogP contribution in [-0.2, 0) is 6.73 Å². The zero-order chi connectivity index (χ0) is 18.8. The molecule has 0 spiro atoms. The number of methoxy groups -OCH3 is 2. The third-order valence-corrected chi connectivity index (χ3v) is 3.91. The summed E-state index contributed by atoms with van der Waals surface area (Å²) in [4.78, 5) is 12.1. The fourth-order valence-electron chi connectivity index (χ4n) is 2.49. The van der Waals surface area contributed by atoms with Crippen LogP contribution in [0.1, 0.15) is 43.1 Å². The number of carbonyl (C=O) groups excluding carboxylic acids is 1. The van der Waals surface area contributed by atoms with E-state index in [1.54, 1.807) is 43.3 Å². The van der Waals surface area contributed by atoms with Gasteiger partial charge in [-0.1, -0.05) is 32.3 Å². The number of amides is 1. The number of nitrogens with one attached hydrogen (secondary N) is 1. The quantitative estimate of drug-likeness (QED) is 0.622. The second kappa shape index (κ2) is 10.3. The second-order valence-corrected chi connectivity index (χ2v) is 5.82. The van der Waals surface area contributed by atoms with Gasteiger partial charge in [0.25, 0.3) is 5.91 Å². The fourth-order valence-corrected chi connectivity index (χ4v) is 2.49. The molecule has 142 valence electrons. The standard InChI is InChI=1S/C19H27N3O4/c1-4-5-6-7-12-20-19(23)15-11-13-22(21-15)14-26-18-16(24-2)9-8-10-17(18)25-3/h8-11,13H,4-7,12,14H2,1-3H3,(H,20,23). The molecule has 2 rings (SSSR count). The molecule has 0 unspecified atom stereocenters. The first-order chi connectivity index (χ1) is 12.7. The van der Waals surface area contributed by atoms with Crippen molar-refractivity contribution in [1.29, 1.82) is 0 Å². The molecule has 1 heterocycles. The van der Waals surface area contributed by atoms with E-state index in [0.717, 1.165) is 12.8 Å². The average Bonchev–Trinajstić information content (AvgIpc) is 3.14. The van der Waals surface area contributed by atoms with Gasteiger partial charge in [-0.25, -0.2) is 4.68 Å². The van der Waals surface area contributed by atoms with E-state index >= 15 is 0 Å². The summed E-state index contributed by atoms with van der Waals surface area (Å²) >= 11 is 0. The van der Waals surface area contributed by atoms with Crippen molar-refractivity contribution < 1.29 is 19.0 Å². The molecule has 1 aromatic heterocycles. The molecule has 1 aromatic carbocycles. The van der Waals surface area contributed by atoms with Crippen molar-refractivity contribution >= 4 is 5.91 Å². The number of rotatable bonds is 11. The zero-order valence-electron chi connectivity index (χ0n) is 15.7. The van der Waals surface area contributed by atoms with Crippen molar-refractivity contribution in [2.24, 2.45) is 0 Å². The highest BCUT2D eigenvalue weighted by Gasteiger charge is 2.13. The molecule has 7 heteroatoms. The minimum atomic E-state index is -0.171. The number of hydrogen-bond donors (Lipinski definition) is 1. The number of carbonyl (C=O) groups is 1. The Kier molecular flexibility index (Phi) is 7.79. The lowest BCUT2D eigenvalue weighted by molar-refractivity contribution is 0.0945. The molecule has 0 aliphatic carbocycles. The highest BCUT2D eigenvalue weighted by Crippen LogP contribution is 2.36. The summed E-state index contributed by atoms with van der Waals surface area (Å²) in [6.45, 7) is 2.97. The van der Waals surface area contributed by atoms with E-state index in [2.05, 4.69) is 17.3 Å². The molecule has 0 aliphatic heterocycles. The molecule has 0 atom stereocenters. The number of hydrogen-bond acceptors (Lipinski definition) is 5. The summed E-state index contributed by atoms with van der Waals surface area (Å²) in [6, 6.07) is 7.07. The average molecular weight is 361 g/mol. The van der Waals surface area contributed by atoms with Crippen molar-refractivity contribution in [1.82, 2.24) is 15.1 Å². The van der Waals surface area contributed by atoms with Crippen molar-refractivity contribution in [3.05, 3.63) is 36.2 Å². The van der Waals surface area contributed by atoms with Crippen LogP contribution in [0.3, 0.4) is 0 Å². The SMILES string of the molecule is CCCCCCNC(=O)c1ccn(COc2c(OC)cccc2OC)n1. The third kappa shape index (κ3) is 5.40. The van der Waals surface area contributed by atoms with Crippen LogP contribution in [0.15, 0.2) is 30.5 Å². The molecule has 0 saturated carbocycles. The number of aromatic nitrogens is 2. The monoisotopic (exact) mass is 361 g/mol. The lowest BCUT2D eigenvalue weighted by atomic mass is 10.2. The number of nitrogens with zero attached hydrogens (tertiary/aromatic N) is 2. The summed E-state index contributed by atoms with van der Waals surface area (Å²) < 4.78 is 17.9. The highest BCUT2D eigenvalue weighted by molar-refractivity contribution is 5.92. The molecule has 1 N–H and O–H groups in total. The first-order valence-electron chi connectivity index (χ1n) is 8.85. The zero-order valence-corrected chi connectivity index (χ0v) is 15.7. The number of ether oxygens (including phenoxy) is 3. The molecule has 0 fully saturated rings. The van der Waals surface area contributed by atoms with E-state index in [0.29, 0.717) is 29.5 Å². The van der Waals surface area contributed by atoms with E-state index in [-0.39, 0.29) is 12.6 Å². The fraction of sp³-hybridized carbons (Fsp3) is 0.474. The molecule has 0 saturated heterocycles. The Balaban J connectivity index is 1.90. The first-order valence-corrected chi connectivity index (χ1v) is 8.85. The maximum absolute atomic E-state index is 12.1. The Labute approximate surface area is 154 Å². The van der Waals surface area contributed by atoms with Crippen LogP contribution in [0.2, 0.25) is 0 Å². The molecule has 2 aromatic rings. The maximum Gasteiger partial charge on any atom is 0.271 e. The van der Waals surface area contributed by atoms with Gasteiger partial charge in [-0.2, -0.15) is 5.10 Å². The lowest BCUT2D eigenvalue weighted by Gasteiger charge is -2.13. The first kappa shape index (κ1) is 19.6. The van der Waals surface area contributed by atoms with Crippen LogP contribution in [0, 0.1) is 0 Å². The summed E-state index contributed by atoms with van der Waals surface area (Å²) in [5.74, 6) is 1.47. The van der Waals surface area contributed by atoms with Gasteiger partial charge in [0.05, 0.1) is 14.2 Å². The highest BCUT2D eigenvalue weighted by atomic mass is 16.5. The Morgan fingerprint density at radius 1 is 1.12 bits per heavy atom. The van der Waals surface area contributed by atoms with Crippen LogP contribution < -0.4 is 19.5 Å². The summed E-state index contributed by atoms with van der Waals surface area (Å²) in [5, 5.41) is 7.14. The predicted molar refractivity (Wildman–Crippen MR) is 98.9 cm³/mol. The third-order valence-electron chi connectivity index (χ3n) is 3.91. The van der Waals surface area contributed by atoms with Crippen LogP contribution >= 0.6 is 0 Å². The lowest BCUT2D eigenvalue weighted by Crippen LogP contribution is -2.25. The molecule has 0 bridgehead atoms. The van der Waals surface area contributed by atoms with E-state index in [1.807, 2.05) is 6.07 Å². The van der Waals surface area contributed by atoms with Gasteiger partial charge < -0.3 is 19.5 Å². The van der Waals surface area contributed by atoms with Crippen LogP contribution in [0.25, 0.3) is 0 Å². The van der Waals surface area contributed by atoms with Crippen LogP contribution in [-0.4, -0.2) is 36.5 Å². The number of unbranched alkanes of at least 4 members (excludes halogenated alkanes) is 3. The van der Waals surface area contributed by atoms with E-state index in [4.69, 9.17) is 14.2 Å². The molecule has 7 nitrogen and oxygen atoms in total. The van der Waals surface area contributed by atoms with Crippen molar-refractivity contribution in [3.63, 3.8) is 0 Å². The molecule has 26 heavy (non-hydrogen) atoms. The summed E-state index contributed by atoms with van der Waals surface area (Å²) in [7, 11) is 3.14.